The number of halogens is 2. The van der Waals surface area contributed by atoms with E-state index in [1.165, 1.54) is 34.6 Å². The van der Waals surface area contributed by atoms with E-state index in [4.69, 9.17) is 32.0 Å². The summed E-state index contributed by atoms with van der Waals surface area (Å²) in [5, 5.41) is 10.7. The van der Waals surface area contributed by atoms with Gasteiger partial charge in [-0.3, -0.25) is 18.8 Å². The van der Waals surface area contributed by atoms with Gasteiger partial charge >= 0.3 is 153 Å². The number of imidazole rings is 4. The normalized spacial score (nSPS) is 17.6. The zero-order valence-electron chi connectivity index (χ0n) is 65.7. The van der Waals surface area contributed by atoms with E-state index >= 15 is 0 Å². The number of aromatic nitrogens is 8. The van der Waals surface area contributed by atoms with Crippen molar-refractivity contribution in [2.45, 2.75) is 155 Å². The van der Waals surface area contributed by atoms with Crippen LogP contribution in [0.5, 0.6) is 0 Å². The molecule has 4 aromatic carbocycles. The van der Waals surface area contributed by atoms with Crippen LogP contribution in [0.1, 0.15) is 173 Å². The van der Waals surface area contributed by atoms with Crippen LogP contribution in [0, 0.1) is 47.9 Å². The Kier molecular flexibility index (Phi) is 30.3. The van der Waals surface area contributed by atoms with Gasteiger partial charge in [0.2, 0.25) is 17.7 Å². The molecule has 0 bridgehead atoms. The molecule has 28 nitrogen and oxygen atoms in total. The van der Waals surface area contributed by atoms with E-state index in [0.29, 0.717) is 49.2 Å². The fourth-order valence-electron chi connectivity index (χ4n) is 14.2. The first-order chi connectivity index (χ1) is 53.3. The number of hydrogen-bond donors (Lipinski definition) is 8. The Morgan fingerprint density at radius 3 is 1.10 bits per heavy atom. The van der Waals surface area contributed by atoms with Crippen LogP contribution in [-0.4, -0.2) is 193 Å². The molecular weight excluding hydrogens is 1490 g/mol. The van der Waals surface area contributed by atoms with Crippen molar-refractivity contribution < 1.29 is 63.1 Å². The van der Waals surface area contributed by atoms with Gasteiger partial charge in [0.1, 0.15) is 41.3 Å². The van der Waals surface area contributed by atoms with Gasteiger partial charge in [0.25, 0.3) is 0 Å². The van der Waals surface area contributed by atoms with E-state index < -0.39 is 55.7 Å². The van der Waals surface area contributed by atoms with Crippen molar-refractivity contribution in [3.8, 4) is 40.0 Å². The van der Waals surface area contributed by atoms with Crippen LogP contribution >= 0.6 is 17.0 Å². The number of fused-ring (bicyclic) bond motifs is 2. The molecule has 4 aliphatic heterocycles. The summed E-state index contributed by atoms with van der Waals surface area (Å²) in [5.74, 6) is 10.5. The Bertz CT molecular complexity index is 4640. The Morgan fingerprint density at radius 2 is 0.775 bits per heavy atom. The summed E-state index contributed by atoms with van der Waals surface area (Å²) < 4.78 is 34.3. The van der Waals surface area contributed by atoms with Crippen molar-refractivity contribution in [1.29, 1.82) is 0 Å². The minimum absolute atomic E-state index is 0. The molecular formula is C81H101BrFN16O12+. The number of ether oxygens (including phenoxy) is 4. The van der Waals surface area contributed by atoms with E-state index in [-0.39, 0.29) is 88.4 Å². The third kappa shape index (κ3) is 21.1. The minimum atomic E-state index is -1.00. The average molecular weight is 1590 g/mol. The molecule has 111 heavy (non-hydrogen) atoms. The number of nitrogens with zero attached hydrogens (tertiary/aromatic N) is 8. The molecule has 0 unspecified atom stereocenters. The molecule has 8 aromatic rings. The number of methoxy groups -OCH3 is 4. The summed E-state index contributed by atoms with van der Waals surface area (Å²) in [5.41, 5.74) is 9.74. The van der Waals surface area contributed by atoms with Crippen molar-refractivity contribution in [2.24, 2.45) is 23.7 Å². The summed E-state index contributed by atoms with van der Waals surface area (Å²) in [6, 6.07) is 27.0. The topological polar surface area (TPSA) is 349 Å². The van der Waals surface area contributed by atoms with E-state index in [9.17, 15) is 42.7 Å². The average Bonchev–Trinajstić information content (AvgIpc) is 1.67. The number of aromatic amines is 4. The molecule has 4 saturated heterocycles. The molecule has 12 rings (SSSR count). The van der Waals surface area contributed by atoms with Gasteiger partial charge < -0.3 is 59.8 Å². The predicted molar refractivity (Wildman–Crippen MR) is 421 cm³/mol. The van der Waals surface area contributed by atoms with Crippen LogP contribution in [0.4, 0.5) is 23.6 Å². The van der Waals surface area contributed by atoms with Gasteiger partial charge in [-0.2, -0.15) is 0 Å². The summed E-state index contributed by atoms with van der Waals surface area (Å²) in [6.45, 7) is 17.6. The Morgan fingerprint density at radius 1 is 0.459 bits per heavy atom. The Labute approximate surface area is 658 Å². The fraction of sp³-hybridized carbons (Fsp3) is 0.457. The molecule has 0 radical (unpaired) electrons. The number of likely N-dealkylation sites (tertiary alicyclic amines) is 4. The fourth-order valence-corrected chi connectivity index (χ4v) is 14.2. The van der Waals surface area contributed by atoms with Gasteiger partial charge in [-0.05, 0) is 121 Å². The second-order valence-corrected chi connectivity index (χ2v) is 28.6. The summed E-state index contributed by atoms with van der Waals surface area (Å²) in [4.78, 5) is 139. The first-order valence-corrected chi connectivity index (χ1v) is 37.0. The summed E-state index contributed by atoms with van der Waals surface area (Å²) in [6.07, 6.45) is 14.4. The number of alkyl carbamates (subject to hydrolysis) is 4. The third-order valence-electron chi connectivity index (χ3n) is 20.0. The molecule has 8 amide bonds. The number of H-pyrrole nitrogens is 4. The first kappa shape index (κ1) is 84.0. The molecule has 0 aliphatic carbocycles. The maximum atomic E-state index is 13.6. The van der Waals surface area contributed by atoms with E-state index in [1.807, 2.05) is 126 Å². The zero-order valence-corrected chi connectivity index (χ0v) is 66.4. The van der Waals surface area contributed by atoms with Crippen LogP contribution in [0.3, 0.4) is 0 Å². The van der Waals surface area contributed by atoms with Gasteiger partial charge in [0, 0.05) is 25.2 Å². The van der Waals surface area contributed by atoms with Crippen LogP contribution in [0.2, 0.25) is 0 Å². The van der Waals surface area contributed by atoms with Crippen molar-refractivity contribution in [3.05, 3.63) is 150 Å². The van der Waals surface area contributed by atoms with Crippen LogP contribution in [0.15, 0.2) is 103 Å². The predicted octanol–water partition coefficient (Wildman–Crippen LogP) is 12.3. The standard InChI is InChI=1S/C40H48N8O6.C24H28N4O3.C16H20N4O3.CH3F.BrH/c1-23(2)33(45-39(51)53-5)37(49)47-19-7-9-31(47)35-41-22-28(42-35)17-13-25-11-14-26(15-12-25)27-16-18-29-30(21-27)44-36(43-29)32-10-8-20-48(32)38(50)34(24(3)4)46-40(52)54-6;1-15(2)21(27-24(30)31-3)23(29)28-13-7-10-20(28)22-25-18-12-11-17(14-19(18)26-22)16-8-5-4-6-9-16;1-5-11-9-17-14(18-11)12-7-6-8-20(12)15(21)13(10(2)3)19-16(22)23-4;1-2;/h11-12,14-16,18,21-24,31-34H,7-10,19-20H2,1-6H3,(H,41,42)(H,43,44)(H,45,51)(H,46,52);4-6,8-9,11-12,14-15,20-21H,7,10,13H2,1-3H3,(H,25,26)(H,27,30);9-10,12-13H,6-8H2,2-4H3,(H-,17,18,19,22);1H3;1H/p+1/t31-,32-,33-,34-;20-,21-;12-,13-;;/m000../s1/i;;;1D;. The number of carbonyl (C=O) groups is 8. The molecule has 8 N–H and O–H groups in total. The summed E-state index contributed by atoms with van der Waals surface area (Å²) >= 11 is 0. The van der Waals surface area contributed by atoms with Gasteiger partial charge in [0.15, 0.2) is 0 Å². The summed E-state index contributed by atoms with van der Waals surface area (Å²) in [7, 11) is 4.14. The Balaban J connectivity index is 0.000000228. The molecule has 4 aliphatic rings. The third-order valence-corrected chi connectivity index (χ3v) is 20.0. The number of amides is 8. The molecule has 0 saturated carbocycles. The second kappa shape index (κ2) is 40.1. The Hall–Kier alpha value is -11.1. The maximum absolute atomic E-state index is 13.6. The van der Waals surface area contributed by atoms with Crippen LogP contribution < -0.4 is 21.3 Å². The molecule has 8 atom stereocenters. The van der Waals surface area contributed by atoms with Crippen molar-refractivity contribution >= 4 is 87.0 Å². The molecule has 30 heteroatoms. The van der Waals surface area contributed by atoms with Crippen LogP contribution in [0.25, 0.3) is 44.3 Å². The van der Waals surface area contributed by atoms with Gasteiger partial charge in [-0.25, -0.2) is 29.3 Å². The van der Waals surface area contributed by atoms with Gasteiger partial charge in [-0.1, -0.05) is 102 Å². The SMILES string of the molecule is Br.COC(=O)N[C@H](C(=O)N1CCC[C@H]1c1nc2ccc(-c3ccccc3)cc2[nH]1)C(C)C.COC(=O)N[C@H](C(=O)N1CCC[C@H]1c1ncc(C#Cc2ccc(-c3ccc4nc([C@@H]5CCCN5C(=O)[C@@H](NC(=O)OC)C(C)C)[nH]c4c3)cc2)[nH]1)C(C)C.[2H]CF.[C+]#Cc1cnc([C@@H]2CCCN2C(=O)[C@@H](NC(=O)OC)C(C)C)[nH]1. The van der Waals surface area contributed by atoms with Gasteiger partial charge in [-0.15, -0.1) is 17.0 Å². The van der Waals surface area contributed by atoms with E-state index in [0.717, 1.165) is 113 Å². The van der Waals surface area contributed by atoms with Crippen LogP contribution in [-0.2, 0) is 38.1 Å². The molecule has 0 spiro atoms. The van der Waals surface area contributed by atoms with Crippen molar-refractivity contribution in [1.82, 2.24) is 80.7 Å². The number of alkyl halides is 1. The molecule has 4 aromatic heterocycles. The monoisotopic (exact) mass is 1590 g/mol. The number of benzene rings is 4. The van der Waals surface area contributed by atoms with E-state index in [1.54, 1.807) is 16.0 Å². The van der Waals surface area contributed by atoms with Crippen molar-refractivity contribution in [2.75, 3.05) is 61.8 Å². The molecule has 8 heterocycles. The quantitative estimate of drug-likeness (QED) is 0.0225. The first-order valence-electron chi connectivity index (χ1n) is 37.7. The molecule has 4 fully saturated rings. The second-order valence-electron chi connectivity index (χ2n) is 28.6. The van der Waals surface area contributed by atoms with Gasteiger partial charge in [0.05, 0.1) is 76.2 Å². The number of hydrogen-bond acceptors (Lipinski definition) is 16. The number of rotatable bonds is 18. The zero-order chi connectivity index (χ0) is 80.2. The van der Waals surface area contributed by atoms with Crippen molar-refractivity contribution in [3.63, 3.8) is 0 Å². The molecule has 590 valence electrons. The number of nitrogens with one attached hydrogen (secondary N) is 8. The van der Waals surface area contributed by atoms with E-state index in [2.05, 4.69) is 104 Å². The number of carbonyl (C=O) groups excluding carboxylic acids is 8.